The minimum Gasteiger partial charge on any atom is -0.497 e. The number of hydrogen-bond acceptors (Lipinski definition) is 7. The molecule has 0 spiro atoms. The third-order valence-electron chi connectivity index (χ3n) is 5.30. The molecule has 0 aliphatic carbocycles. The third-order valence-corrected chi connectivity index (χ3v) is 7.22. The zero-order valence-corrected chi connectivity index (χ0v) is 18.5. The SMILES string of the molecule is COc1ccc(OC)c(S(=O)(=O)N2CCN(C(=O)c3cc(-c4ccccc4)no3)CC2)c1. The van der Waals surface area contributed by atoms with Gasteiger partial charge in [0.2, 0.25) is 15.8 Å². The van der Waals surface area contributed by atoms with Gasteiger partial charge in [0, 0.05) is 43.9 Å². The van der Waals surface area contributed by atoms with E-state index in [2.05, 4.69) is 5.16 Å². The molecular weight excluding hydrogens is 434 g/mol. The van der Waals surface area contributed by atoms with Gasteiger partial charge < -0.3 is 18.9 Å². The van der Waals surface area contributed by atoms with Gasteiger partial charge >= 0.3 is 0 Å². The van der Waals surface area contributed by atoms with Crippen LogP contribution in [0.4, 0.5) is 0 Å². The highest BCUT2D eigenvalue weighted by Gasteiger charge is 2.33. The second-order valence-electron chi connectivity index (χ2n) is 7.16. The van der Waals surface area contributed by atoms with E-state index in [1.165, 1.54) is 24.6 Å². The average molecular weight is 458 g/mol. The van der Waals surface area contributed by atoms with Crippen LogP contribution in [-0.2, 0) is 10.0 Å². The molecule has 1 aromatic heterocycles. The highest BCUT2D eigenvalue weighted by Crippen LogP contribution is 2.31. The summed E-state index contributed by atoms with van der Waals surface area (Å²) >= 11 is 0. The first-order valence-electron chi connectivity index (χ1n) is 9.97. The van der Waals surface area contributed by atoms with Crippen molar-refractivity contribution in [1.29, 1.82) is 0 Å². The summed E-state index contributed by atoms with van der Waals surface area (Å²) in [6.45, 7) is 0.750. The van der Waals surface area contributed by atoms with Crippen LogP contribution in [0.3, 0.4) is 0 Å². The third kappa shape index (κ3) is 4.19. The Morgan fingerprint density at radius 2 is 1.69 bits per heavy atom. The standard InChI is InChI=1S/C22H23N3O6S/c1-29-17-8-9-19(30-2)21(14-17)32(27,28)25-12-10-24(11-13-25)22(26)20-15-18(23-31-20)16-6-4-3-5-7-16/h3-9,14-15H,10-13H2,1-2H3. The molecule has 1 aliphatic heterocycles. The van der Waals surface area contributed by atoms with E-state index in [4.69, 9.17) is 14.0 Å². The maximum atomic E-state index is 13.2. The molecule has 2 heterocycles. The van der Waals surface area contributed by atoms with E-state index in [1.807, 2.05) is 30.3 Å². The van der Waals surface area contributed by atoms with E-state index < -0.39 is 10.0 Å². The van der Waals surface area contributed by atoms with Crippen LogP contribution in [0.25, 0.3) is 11.3 Å². The molecule has 0 bridgehead atoms. The minimum absolute atomic E-state index is 0.0295. The van der Waals surface area contributed by atoms with Gasteiger partial charge in [-0.3, -0.25) is 4.79 Å². The highest BCUT2D eigenvalue weighted by atomic mass is 32.2. The summed E-state index contributed by atoms with van der Waals surface area (Å²) in [6, 6.07) is 15.6. The number of nitrogens with zero attached hydrogens (tertiary/aromatic N) is 3. The molecule has 3 aromatic rings. The van der Waals surface area contributed by atoms with Crippen molar-refractivity contribution in [2.24, 2.45) is 0 Å². The molecule has 1 saturated heterocycles. The van der Waals surface area contributed by atoms with Gasteiger partial charge in [-0.1, -0.05) is 35.5 Å². The number of methoxy groups -OCH3 is 2. The lowest BCUT2D eigenvalue weighted by molar-refractivity contribution is 0.0656. The van der Waals surface area contributed by atoms with Gasteiger partial charge in [-0.15, -0.1) is 0 Å². The summed E-state index contributed by atoms with van der Waals surface area (Å²) in [5.74, 6) is 0.447. The van der Waals surface area contributed by atoms with Crippen molar-refractivity contribution >= 4 is 15.9 Å². The molecule has 1 amide bonds. The number of amides is 1. The molecular formula is C22H23N3O6S. The van der Waals surface area contributed by atoms with Gasteiger partial charge in [0.05, 0.1) is 14.2 Å². The van der Waals surface area contributed by atoms with Gasteiger partial charge in [0.15, 0.2) is 0 Å². The normalized spacial score (nSPS) is 14.9. The second kappa shape index (κ2) is 9.01. The minimum atomic E-state index is -3.83. The Morgan fingerprint density at radius 3 is 2.34 bits per heavy atom. The van der Waals surface area contributed by atoms with Crippen LogP contribution in [0.2, 0.25) is 0 Å². The highest BCUT2D eigenvalue weighted by molar-refractivity contribution is 7.89. The maximum absolute atomic E-state index is 13.2. The first-order valence-corrected chi connectivity index (χ1v) is 11.4. The Morgan fingerprint density at radius 1 is 0.969 bits per heavy atom. The molecule has 1 fully saturated rings. The first-order chi connectivity index (χ1) is 15.4. The fourth-order valence-electron chi connectivity index (χ4n) is 3.53. The molecule has 2 aromatic carbocycles. The second-order valence-corrected chi connectivity index (χ2v) is 9.06. The summed E-state index contributed by atoms with van der Waals surface area (Å²) in [4.78, 5) is 14.4. The molecule has 0 atom stereocenters. The topological polar surface area (TPSA) is 102 Å². The lowest BCUT2D eigenvalue weighted by Gasteiger charge is -2.33. The van der Waals surface area contributed by atoms with Gasteiger partial charge in [-0.2, -0.15) is 4.31 Å². The lowest BCUT2D eigenvalue weighted by atomic mass is 10.1. The number of ether oxygens (including phenoxy) is 2. The molecule has 0 unspecified atom stereocenters. The summed E-state index contributed by atoms with van der Waals surface area (Å²) in [6.07, 6.45) is 0. The average Bonchev–Trinajstić information content (AvgIpc) is 3.34. The summed E-state index contributed by atoms with van der Waals surface area (Å²) in [5, 5.41) is 3.98. The van der Waals surface area contributed by atoms with Gasteiger partial charge in [0.1, 0.15) is 22.1 Å². The van der Waals surface area contributed by atoms with E-state index in [-0.39, 0.29) is 48.5 Å². The monoisotopic (exact) mass is 457 g/mol. The zero-order chi connectivity index (χ0) is 22.7. The van der Waals surface area contributed by atoms with Crippen molar-refractivity contribution in [2.75, 3.05) is 40.4 Å². The predicted octanol–water partition coefficient (Wildman–Crippen LogP) is 2.51. The Kier molecular flexibility index (Phi) is 6.15. The molecule has 168 valence electrons. The Bertz CT molecular complexity index is 1200. The van der Waals surface area contributed by atoms with E-state index in [0.29, 0.717) is 11.4 Å². The smallest absolute Gasteiger partial charge is 0.292 e. The van der Waals surface area contributed by atoms with E-state index in [9.17, 15) is 13.2 Å². The molecule has 4 rings (SSSR count). The quantitative estimate of drug-likeness (QED) is 0.560. The van der Waals surface area contributed by atoms with Crippen molar-refractivity contribution in [3.05, 3.63) is 60.4 Å². The number of benzene rings is 2. The molecule has 9 nitrogen and oxygen atoms in total. The number of sulfonamides is 1. The maximum Gasteiger partial charge on any atom is 0.292 e. The molecule has 32 heavy (non-hydrogen) atoms. The number of carbonyl (C=O) groups is 1. The van der Waals surface area contributed by atoms with Crippen molar-refractivity contribution < 1.29 is 27.2 Å². The van der Waals surface area contributed by atoms with Crippen molar-refractivity contribution in [1.82, 2.24) is 14.4 Å². The number of aromatic nitrogens is 1. The summed E-state index contributed by atoms with van der Waals surface area (Å²) in [7, 11) is -0.946. The van der Waals surface area contributed by atoms with Crippen LogP contribution in [0.5, 0.6) is 11.5 Å². The largest absolute Gasteiger partial charge is 0.497 e. The summed E-state index contributed by atoms with van der Waals surface area (Å²) in [5.41, 5.74) is 1.42. The fourth-order valence-corrected chi connectivity index (χ4v) is 5.13. The molecule has 0 N–H and O–H groups in total. The van der Waals surface area contributed by atoms with Crippen LogP contribution in [0.15, 0.2) is 64.0 Å². The van der Waals surface area contributed by atoms with Crippen molar-refractivity contribution in [2.45, 2.75) is 4.90 Å². The Balaban J connectivity index is 1.46. The van der Waals surface area contributed by atoms with E-state index in [1.54, 1.807) is 23.1 Å². The Labute approximate surface area is 186 Å². The lowest BCUT2D eigenvalue weighted by Crippen LogP contribution is -2.50. The molecule has 0 radical (unpaired) electrons. The summed E-state index contributed by atoms with van der Waals surface area (Å²) < 4.78 is 43.4. The van der Waals surface area contributed by atoms with Crippen LogP contribution in [0, 0.1) is 0 Å². The van der Waals surface area contributed by atoms with Crippen LogP contribution in [0.1, 0.15) is 10.6 Å². The van der Waals surface area contributed by atoms with Gasteiger partial charge in [-0.25, -0.2) is 8.42 Å². The van der Waals surface area contributed by atoms with Crippen LogP contribution < -0.4 is 9.47 Å². The zero-order valence-electron chi connectivity index (χ0n) is 17.7. The fraction of sp³-hybridized carbons (Fsp3) is 0.273. The molecule has 10 heteroatoms. The van der Waals surface area contributed by atoms with Crippen LogP contribution in [-0.4, -0.2) is 69.1 Å². The Hall–Kier alpha value is -3.37. The molecule has 0 saturated carbocycles. The predicted molar refractivity (Wildman–Crippen MR) is 116 cm³/mol. The number of piperazine rings is 1. The van der Waals surface area contributed by atoms with Gasteiger partial charge in [-0.05, 0) is 12.1 Å². The van der Waals surface area contributed by atoms with Crippen molar-refractivity contribution in [3.8, 4) is 22.8 Å². The first kappa shape index (κ1) is 21.8. The van der Waals surface area contributed by atoms with Gasteiger partial charge in [0.25, 0.3) is 5.91 Å². The number of rotatable bonds is 6. The van der Waals surface area contributed by atoms with E-state index in [0.717, 1.165) is 5.56 Å². The van der Waals surface area contributed by atoms with Crippen molar-refractivity contribution in [3.63, 3.8) is 0 Å². The van der Waals surface area contributed by atoms with E-state index >= 15 is 0 Å². The number of carbonyl (C=O) groups excluding carboxylic acids is 1. The van der Waals surface area contributed by atoms with Crippen LogP contribution >= 0.6 is 0 Å². The number of hydrogen-bond donors (Lipinski definition) is 0. The molecule has 1 aliphatic rings.